The van der Waals surface area contributed by atoms with Gasteiger partial charge in [-0.05, 0) is 43.3 Å². The molecule has 0 unspecified atom stereocenters. The maximum absolute atomic E-state index is 12.2. The molecule has 1 saturated heterocycles. The zero-order chi connectivity index (χ0) is 16.1. The molecule has 5 nitrogen and oxygen atoms in total. The molecule has 0 bridgehead atoms. The third kappa shape index (κ3) is 3.87. The molecule has 0 amide bonds. The fourth-order valence-corrected chi connectivity index (χ4v) is 2.56. The summed E-state index contributed by atoms with van der Waals surface area (Å²) in [6.45, 7) is 6.17. The van der Waals surface area contributed by atoms with Crippen LogP contribution < -0.4 is 4.90 Å². The van der Waals surface area contributed by atoms with E-state index in [1.54, 1.807) is 18.3 Å². The Balaban J connectivity index is 1.65. The summed E-state index contributed by atoms with van der Waals surface area (Å²) in [6.07, 6.45) is 7.08. The van der Waals surface area contributed by atoms with E-state index in [2.05, 4.69) is 10.00 Å². The number of hydrogen-bond acceptors (Lipinski definition) is 4. The number of ether oxygens (including phenoxy) is 1. The second-order valence-electron chi connectivity index (χ2n) is 5.47. The van der Waals surface area contributed by atoms with Crippen molar-refractivity contribution >= 4 is 17.5 Å². The van der Waals surface area contributed by atoms with Crippen molar-refractivity contribution < 1.29 is 9.53 Å². The lowest BCUT2D eigenvalue weighted by molar-refractivity contribution is 0.104. The van der Waals surface area contributed by atoms with Gasteiger partial charge in [-0.15, -0.1) is 0 Å². The topological polar surface area (TPSA) is 47.4 Å². The lowest BCUT2D eigenvalue weighted by Gasteiger charge is -2.28. The number of allylic oxidation sites excluding steroid dienone is 1. The van der Waals surface area contributed by atoms with Crippen LogP contribution in [0.2, 0.25) is 0 Å². The van der Waals surface area contributed by atoms with Gasteiger partial charge in [-0.3, -0.25) is 9.48 Å². The van der Waals surface area contributed by atoms with Crippen molar-refractivity contribution in [3.8, 4) is 0 Å². The molecule has 0 radical (unpaired) electrons. The van der Waals surface area contributed by atoms with E-state index in [0.717, 1.165) is 44.1 Å². The number of aromatic nitrogens is 2. The van der Waals surface area contributed by atoms with Crippen LogP contribution in [0.15, 0.2) is 42.7 Å². The summed E-state index contributed by atoms with van der Waals surface area (Å²) in [4.78, 5) is 14.5. The quantitative estimate of drug-likeness (QED) is 0.629. The molecule has 2 heterocycles. The third-order valence-electron chi connectivity index (χ3n) is 3.93. The largest absolute Gasteiger partial charge is 0.378 e. The van der Waals surface area contributed by atoms with Crippen molar-refractivity contribution in [1.29, 1.82) is 0 Å². The number of nitrogens with zero attached hydrogens (tertiary/aromatic N) is 3. The molecule has 1 aliphatic heterocycles. The van der Waals surface area contributed by atoms with E-state index in [-0.39, 0.29) is 5.78 Å². The van der Waals surface area contributed by atoms with Crippen molar-refractivity contribution in [2.24, 2.45) is 0 Å². The monoisotopic (exact) mass is 311 g/mol. The molecule has 1 aliphatic rings. The first-order chi connectivity index (χ1) is 11.3. The van der Waals surface area contributed by atoms with Crippen LogP contribution in [0.5, 0.6) is 0 Å². The van der Waals surface area contributed by atoms with Crippen LogP contribution in [0, 0.1) is 0 Å². The van der Waals surface area contributed by atoms with Gasteiger partial charge in [-0.25, -0.2) is 0 Å². The van der Waals surface area contributed by atoms with Gasteiger partial charge in [-0.2, -0.15) is 5.10 Å². The van der Waals surface area contributed by atoms with Gasteiger partial charge in [0.15, 0.2) is 5.78 Å². The predicted molar refractivity (Wildman–Crippen MR) is 90.7 cm³/mol. The van der Waals surface area contributed by atoms with Crippen molar-refractivity contribution in [3.63, 3.8) is 0 Å². The first-order valence-corrected chi connectivity index (χ1v) is 7.94. The Kier molecular flexibility index (Phi) is 4.88. The Bertz CT molecular complexity index is 683. The summed E-state index contributed by atoms with van der Waals surface area (Å²) in [7, 11) is 0. The summed E-state index contributed by atoms with van der Waals surface area (Å²) < 4.78 is 7.19. The first kappa shape index (κ1) is 15.5. The number of rotatable bonds is 5. The molecule has 0 N–H and O–H groups in total. The second-order valence-corrected chi connectivity index (χ2v) is 5.47. The molecule has 0 saturated carbocycles. The van der Waals surface area contributed by atoms with Crippen LogP contribution in [0.3, 0.4) is 0 Å². The molecular weight excluding hydrogens is 290 g/mol. The molecule has 0 spiro atoms. The molecule has 1 fully saturated rings. The molecule has 0 aliphatic carbocycles. The first-order valence-electron chi connectivity index (χ1n) is 7.94. The highest BCUT2D eigenvalue weighted by Crippen LogP contribution is 2.17. The summed E-state index contributed by atoms with van der Waals surface area (Å²) in [5.74, 6) is 0.00257. The van der Waals surface area contributed by atoms with E-state index < -0.39 is 0 Å². The zero-order valence-corrected chi connectivity index (χ0v) is 13.3. The zero-order valence-electron chi connectivity index (χ0n) is 13.3. The Morgan fingerprint density at radius 1 is 1.26 bits per heavy atom. The number of carbonyl (C=O) groups excluding carboxylic acids is 1. The smallest absolute Gasteiger partial charge is 0.185 e. The minimum absolute atomic E-state index is 0.00257. The Hall–Kier alpha value is -2.40. The number of aryl methyl sites for hydroxylation is 1. The maximum atomic E-state index is 12.2. The number of hydrogen-bond donors (Lipinski definition) is 0. The van der Waals surface area contributed by atoms with Crippen molar-refractivity contribution in [2.75, 3.05) is 31.2 Å². The van der Waals surface area contributed by atoms with E-state index in [1.165, 1.54) is 0 Å². The van der Waals surface area contributed by atoms with Gasteiger partial charge in [0.2, 0.25) is 0 Å². The van der Waals surface area contributed by atoms with Crippen molar-refractivity contribution in [2.45, 2.75) is 13.5 Å². The fourth-order valence-electron chi connectivity index (χ4n) is 2.56. The molecule has 2 aromatic rings. The van der Waals surface area contributed by atoms with Gasteiger partial charge in [0, 0.05) is 42.6 Å². The van der Waals surface area contributed by atoms with Gasteiger partial charge >= 0.3 is 0 Å². The van der Waals surface area contributed by atoms with E-state index in [9.17, 15) is 4.79 Å². The van der Waals surface area contributed by atoms with Gasteiger partial charge in [0.25, 0.3) is 0 Å². The number of benzene rings is 1. The molecular formula is C18H21N3O2. The molecule has 23 heavy (non-hydrogen) atoms. The fraction of sp³-hybridized carbons (Fsp3) is 0.333. The van der Waals surface area contributed by atoms with Crippen LogP contribution in [0.4, 0.5) is 5.69 Å². The lowest BCUT2D eigenvalue weighted by atomic mass is 10.1. The highest BCUT2D eigenvalue weighted by Gasteiger charge is 2.11. The normalized spacial score (nSPS) is 15.3. The summed E-state index contributed by atoms with van der Waals surface area (Å²) in [5, 5.41) is 4.19. The van der Waals surface area contributed by atoms with E-state index in [4.69, 9.17) is 4.74 Å². The lowest BCUT2D eigenvalue weighted by Crippen LogP contribution is -2.36. The molecule has 1 aromatic carbocycles. The van der Waals surface area contributed by atoms with Gasteiger partial charge in [0.05, 0.1) is 19.4 Å². The van der Waals surface area contributed by atoms with Crippen molar-refractivity contribution in [3.05, 3.63) is 53.9 Å². The van der Waals surface area contributed by atoms with Gasteiger partial charge < -0.3 is 9.64 Å². The average Bonchev–Trinajstić information content (AvgIpc) is 3.09. The van der Waals surface area contributed by atoms with Gasteiger partial charge in [-0.1, -0.05) is 0 Å². The highest BCUT2D eigenvalue weighted by molar-refractivity contribution is 6.06. The van der Waals surface area contributed by atoms with Crippen LogP contribution in [0.1, 0.15) is 22.8 Å². The van der Waals surface area contributed by atoms with Crippen LogP contribution in [0.25, 0.3) is 6.08 Å². The van der Waals surface area contributed by atoms with E-state index >= 15 is 0 Å². The highest BCUT2D eigenvalue weighted by atomic mass is 16.5. The molecule has 3 rings (SSSR count). The number of ketones is 1. The van der Waals surface area contributed by atoms with Crippen LogP contribution >= 0.6 is 0 Å². The second kappa shape index (κ2) is 7.24. The summed E-state index contributed by atoms with van der Waals surface area (Å²) in [5.41, 5.74) is 2.77. The Labute approximate surface area is 136 Å². The Morgan fingerprint density at radius 2 is 2.00 bits per heavy atom. The molecule has 5 heteroatoms. The predicted octanol–water partition coefficient (Wildman–Crippen LogP) is 2.64. The number of morpholine rings is 1. The van der Waals surface area contributed by atoms with E-state index in [1.807, 2.05) is 42.1 Å². The summed E-state index contributed by atoms with van der Waals surface area (Å²) in [6, 6.07) is 7.77. The average molecular weight is 311 g/mol. The molecule has 120 valence electrons. The van der Waals surface area contributed by atoms with Crippen molar-refractivity contribution in [1.82, 2.24) is 9.78 Å². The third-order valence-corrected chi connectivity index (χ3v) is 3.93. The summed E-state index contributed by atoms with van der Waals surface area (Å²) >= 11 is 0. The standard InChI is InChI=1S/C18H21N3O2/c1-2-21-14-15(13-19-21)3-8-18(22)16-4-6-17(7-5-16)20-9-11-23-12-10-20/h3-8,13-14H,2,9-12H2,1H3/b8-3+. The molecule has 1 aromatic heterocycles. The van der Waals surface area contributed by atoms with Crippen LogP contribution in [-0.4, -0.2) is 41.9 Å². The minimum atomic E-state index is 0.00257. The minimum Gasteiger partial charge on any atom is -0.378 e. The van der Waals surface area contributed by atoms with Crippen LogP contribution in [-0.2, 0) is 11.3 Å². The number of carbonyl (C=O) groups is 1. The molecule has 0 atom stereocenters. The number of anilines is 1. The van der Waals surface area contributed by atoms with E-state index in [0.29, 0.717) is 5.56 Å². The SMILES string of the molecule is CCn1cc(/C=C/C(=O)c2ccc(N3CCOCC3)cc2)cn1. The maximum Gasteiger partial charge on any atom is 0.185 e. The Morgan fingerprint density at radius 3 is 2.65 bits per heavy atom. The van der Waals surface area contributed by atoms with Gasteiger partial charge in [0.1, 0.15) is 0 Å².